The molecule has 1 aromatic heterocycles. The minimum Gasteiger partial charge on any atom is -0.267 e. The van der Waals surface area contributed by atoms with Gasteiger partial charge in [-0.3, -0.25) is 5.11 Å². The van der Waals surface area contributed by atoms with E-state index in [1.807, 2.05) is 0 Å². The minimum atomic E-state index is -0.388. The standard InChI is InChI=1S/C9H3Cl3NO/c10-4-1-2-6-8(9(4)12)5(11)3-7(14)13-6/h1-3H. The largest absolute Gasteiger partial charge is 0.271 e. The Morgan fingerprint density at radius 3 is 2.50 bits per heavy atom. The Morgan fingerprint density at radius 1 is 1.07 bits per heavy atom. The molecule has 2 aromatic rings. The van der Waals surface area contributed by atoms with Gasteiger partial charge in [-0.2, -0.15) is 0 Å². The van der Waals surface area contributed by atoms with E-state index < -0.39 is 0 Å². The second kappa shape index (κ2) is 3.46. The molecule has 2 nitrogen and oxygen atoms in total. The van der Waals surface area contributed by atoms with E-state index in [2.05, 4.69) is 4.98 Å². The summed E-state index contributed by atoms with van der Waals surface area (Å²) in [6, 6.07) is 4.40. The smallest absolute Gasteiger partial charge is 0.267 e. The van der Waals surface area contributed by atoms with Gasteiger partial charge in [-0.05, 0) is 12.1 Å². The molecule has 1 aromatic carbocycles. The lowest BCUT2D eigenvalue weighted by Gasteiger charge is -2.03. The zero-order chi connectivity index (χ0) is 10.3. The number of hydrogen-bond acceptors (Lipinski definition) is 1. The van der Waals surface area contributed by atoms with Crippen molar-refractivity contribution in [3.8, 4) is 5.88 Å². The highest BCUT2D eigenvalue weighted by Crippen LogP contribution is 2.35. The molecule has 0 fully saturated rings. The third-order valence-electron chi connectivity index (χ3n) is 1.79. The van der Waals surface area contributed by atoms with E-state index in [0.717, 1.165) is 0 Å². The van der Waals surface area contributed by atoms with E-state index in [1.54, 1.807) is 12.1 Å². The number of rotatable bonds is 0. The highest BCUT2D eigenvalue weighted by atomic mass is 35.5. The molecule has 0 unspecified atom stereocenters. The lowest BCUT2D eigenvalue weighted by atomic mass is 10.2. The van der Waals surface area contributed by atoms with Crippen LogP contribution in [0.2, 0.25) is 15.1 Å². The molecular weight excluding hydrogens is 244 g/mol. The first-order valence-corrected chi connectivity index (χ1v) is 4.84. The van der Waals surface area contributed by atoms with Crippen LogP contribution in [0.1, 0.15) is 0 Å². The lowest BCUT2D eigenvalue weighted by Crippen LogP contribution is -1.82. The maximum Gasteiger partial charge on any atom is 0.271 e. The molecule has 0 saturated heterocycles. The topological polar surface area (TPSA) is 32.8 Å². The molecule has 0 amide bonds. The predicted octanol–water partition coefficient (Wildman–Crippen LogP) is 4.34. The summed E-state index contributed by atoms with van der Waals surface area (Å²) >= 11 is 17.6. The van der Waals surface area contributed by atoms with Gasteiger partial charge in [0.2, 0.25) is 0 Å². The van der Waals surface area contributed by atoms with Gasteiger partial charge in [-0.1, -0.05) is 34.8 Å². The van der Waals surface area contributed by atoms with Crippen molar-refractivity contribution in [2.45, 2.75) is 0 Å². The highest BCUT2D eigenvalue weighted by molar-refractivity contribution is 6.48. The third-order valence-corrected chi connectivity index (χ3v) is 2.89. The molecule has 0 N–H and O–H groups in total. The van der Waals surface area contributed by atoms with Crippen LogP contribution in [0.4, 0.5) is 0 Å². The Morgan fingerprint density at radius 2 is 1.79 bits per heavy atom. The first kappa shape index (κ1) is 9.84. The molecule has 14 heavy (non-hydrogen) atoms. The van der Waals surface area contributed by atoms with E-state index in [0.29, 0.717) is 20.9 Å². The van der Waals surface area contributed by atoms with Gasteiger partial charge in [0.25, 0.3) is 5.88 Å². The van der Waals surface area contributed by atoms with Gasteiger partial charge in [-0.25, -0.2) is 4.98 Å². The molecule has 1 radical (unpaired) electrons. The van der Waals surface area contributed by atoms with Crippen molar-refractivity contribution in [2.75, 3.05) is 0 Å². The molecule has 0 aliphatic carbocycles. The van der Waals surface area contributed by atoms with Crippen molar-refractivity contribution in [1.29, 1.82) is 0 Å². The molecule has 0 atom stereocenters. The van der Waals surface area contributed by atoms with Crippen molar-refractivity contribution in [3.05, 3.63) is 33.3 Å². The van der Waals surface area contributed by atoms with Crippen LogP contribution in [0.15, 0.2) is 18.2 Å². The van der Waals surface area contributed by atoms with Gasteiger partial charge in [0, 0.05) is 11.5 Å². The van der Waals surface area contributed by atoms with E-state index in [9.17, 15) is 5.11 Å². The Bertz CT molecular complexity index is 513. The summed E-state index contributed by atoms with van der Waals surface area (Å²) in [4.78, 5) is 3.76. The van der Waals surface area contributed by atoms with Gasteiger partial charge >= 0.3 is 0 Å². The van der Waals surface area contributed by atoms with Gasteiger partial charge in [-0.15, -0.1) is 0 Å². The molecule has 5 heteroatoms. The van der Waals surface area contributed by atoms with Crippen molar-refractivity contribution in [1.82, 2.24) is 4.98 Å². The fourth-order valence-corrected chi connectivity index (χ4v) is 1.94. The minimum absolute atomic E-state index is 0.271. The van der Waals surface area contributed by atoms with E-state index in [1.165, 1.54) is 6.07 Å². The normalized spacial score (nSPS) is 10.8. The maximum atomic E-state index is 11.0. The van der Waals surface area contributed by atoms with Gasteiger partial charge in [0.05, 0.1) is 20.6 Å². The van der Waals surface area contributed by atoms with Crippen LogP contribution in [-0.2, 0) is 5.11 Å². The first-order chi connectivity index (χ1) is 6.59. The molecule has 71 valence electrons. The maximum absolute atomic E-state index is 11.0. The second-order valence-electron chi connectivity index (χ2n) is 2.70. The van der Waals surface area contributed by atoms with Gasteiger partial charge in [0.1, 0.15) is 0 Å². The van der Waals surface area contributed by atoms with Crippen molar-refractivity contribution >= 4 is 45.7 Å². The summed E-state index contributed by atoms with van der Waals surface area (Å²) in [5.74, 6) is -0.388. The highest BCUT2D eigenvalue weighted by Gasteiger charge is 2.10. The molecular formula is C9H3Cl3NO. The van der Waals surface area contributed by atoms with Crippen molar-refractivity contribution in [3.63, 3.8) is 0 Å². The number of nitrogens with zero attached hydrogens (tertiary/aromatic N) is 1. The number of pyridine rings is 1. The van der Waals surface area contributed by atoms with Crippen LogP contribution in [0.5, 0.6) is 5.88 Å². The number of hydrogen-bond donors (Lipinski definition) is 0. The Balaban J connectivity index is 2.95. The second-order valence-corrected chi connectivity index (χ2v) is 3.89. The van der Waals surface area contributed by atoms with E-state index >= 15 is 0 Å². The van der Waals surface area contributed by atoms with Crippen LogP contribution in [-0.4, -0.2) is 4.98 Å². The van der Waals surface area contributed by atoms with Gasteiger partial charge in [0.15, 0.2) is 0 Å². The average Bonchev–Trinajstić information content (AvgIpc) is 2.10. The van der Waals surface area contributed by atoms with E-state index in [-0.39, 0.29) is 10.9 Å². The van der Waals surface area contributed by atoms with Crippen molar-refractivity contribution < 1.29 is 5.11 Å². The first-order valence-electron chi connectivity index (χ1n) is 3.71. The number of halogens is 3. The number of aromatic nitrogens is 1. The summed E-state index contributed by atoms with van der Waals surface area (Å²) in [5.41, 5.74) is 0.455. The molecule has 0 saturated carbocycles. The Labute approximate surface area is 95.0 Å². The molecule has 0 spiro atoms. The summed E-state index contributed by atoms with van der Waals surface area (Å²) < 4.78 is 0. The fourth-order valence-electron chi connectivity index (χ4n) is 1.19. The molecule has 2 rings (SSSR count). The zero-order valence-corrected chi connectivity index (χ0v) is 8.99. The Kier molecular flexibility index (Phi) is 2.43. The molecule has 0 bridgehead atoms. The Hall–Kier alpha value is -0.700. The SMILES string of the molecule is [O]c1cc(Cl)c2c(Cl)c(Cl)ccc2n1. The van der Waals surface area contributed by atoms with Crippen LogP contribution in [0.25, 0.3) is 10.9 Å². The van der Waals surface area contributed by atoms with Crippen LogP contribution in [0.3, 0.4) is 0 Å². The number of fused-ring (bicyclic) bond motifs is 1. The van der Waals surface area contributed by atoms with Crippen LogP contribution in [0, 0.1) is 0 Å². The summed E-state index contributed by atoms with van der Waals surface area (Å²) in [5, 5.41) is 12.5. The average molecular weight is 247 g/mol. The number of benzene rings is 1. The third kappa shape index (κ3) is 1.50. The summed E-state index contributed by atoms with van der Waals surface area (Å²) in [6.45, 7) is 0. The fraction of sp³-hybridized carbons (Fsp3) is 0. The zero-order valence-electron chi connectivity index (χ0n) is 6.72. The molecule has 0 aliphatic rings. The van der Waals surface area contributed by atoms with Crippen LogP contribution < -0.4 is 0 Å². The van der Waals surface area contributed by atoms with E-state index in [4.69, 9.17) is 34.8 Å². The lowest BCUT2D eigenvalue weighted by molar-refractivity contribution is 0.339. The summed E-state index contributed by atoms with van der Waals surface area (Å²) in [7, 11) is 0. The predicted molar refractivity (Wildman–Crippen MR) is 56.9 cm³/mol. The summed E-state index contributed by atoms with van der Waals surface area (Å²) in [6.07, 6.45) is 0. The molecule has 0 aliphatic heterocycles. The van der Waals surface area contributed by atoms with Crippen LogP contribution >= 0.6 is 34.8 Å². The van der Waals surface area contributed by atoms with Gasteiger partial charge < -0.3 is 0 Å². The molecule has 1 heterocycles. The monoisotopic (exact) mass is 246 g/mol. The quantitative estimate of drug-likeness (QED) is 0.681. The van der Waals surface area contributed by atoms with Crippen molar-refractivity contribution in [2.24, 2.45) is 0 Å².